The Morgan fingerprint density at radius 3 is 2.43 bits per heavy atom. The van der Waals surface area contributed by atoms with Crippen LogP contribution in [0.15, 0.2) is 48.8 Å². The zero-order valence-corrected chi connectivity index (χ0v) is 9.36. The van der Waals surface area contributed by atoms with Crippen molar-refractivity contribution in [2.24, 2.45) is 0 Å². The second-order valence-electron chi connectivity index (χ2n) is 3.43. The van der Waals surface area contributed by atoms with Crippen molar-refractivity contribution < 1.29 is 4.79 Å². The number of aldehydes is 1. The quantitative estimate of drug-likeness (QED) is 0.540. The summed E-state index contributed by atoms with van der Waals surface area (Å²) >= 11 is 0. The van der Waals surface area contributed by atoms with E-state index in [0.29, 0.717) is 5.56 Å². The van der Waals surface area contributed by atoms with E-state index >= 15 is 0 Å². The molecule has 0 aromatic heterocycles. The van der Waals surface area contributed by atoms with Gasteiger partial charge in [0.05, 0.1) is 0 Å². The SMILES string of the molecule is C=C[Si](C)(C=C)c1cccc(C=O)c1. The van der Waals surface area contributed by atoms with Crippen molar-refractivity contribution in [2.75, 3.05) is 0 Å². The van der Waals surface area contributed by atoms with Gasteiger partial charge < -0.3 is 0 Å². The highest BCUT2D eigenvalue weighted by atomic mass is 28.3. The van der Waals surface area contributed by atoms with E-state index in [0.717, 1.165) is 6.29 Å². The Morgan fingerprint density at radius 1 is 1.29 bits per heavy atom. The average molecular weight is 202 g/mol. The van der Waals surface area contributed by atoms with Crippen LogP contribution in [0.25, 0.3) is 0 Å². The summed E-state index contributed by atoms with van der Waals surface area (Å²) in [5.41, 5.74) is 4.64. The predicted octanol–water partition coefficient (Wildman–Crippen LogP) is 2.24. The highest BCUT2D eigenvalue weighted by molar-refractivity contribution is 6.98. The van der Waals surface area contributed by atoms with Gasteiger partial charge in [0, 0.05) is 5.56 Å². The van der Waals surface area contributed by atoms with Crippen LogP contribution in [0, 0.1) is 0 Å². The molecule has 0 heterocycles. The van der Waals surface area contributed by atoms with Gasteiger partial charge in [0.25, 0.3) is 0 Å². The van der Waals surface area contributed by atoms with Crippen molar-refractivity contribution in [1.29, 1.82) is 0 Å². The molecule has 0 spiro atoms. The Kier molecular flexibility index (Phi) is 3.20. The van der Waals surface area contributed by atoms with Crippen LogP contribution in [-0.2, 0) is 0 Å². The minimum absolute atomic E-state index is 0.713. The molecule has 0 aliphatic heterocycles. The van der Waals surface area contributed by atoms with E-state index < -0.39 is 8.07 Å². The third kappa shape index (κ3) is 1.91. The summed E-state index contributed by atoms with van der Waals surface area (Å²) in [5.74, 6) is 0. The monoisotopic (exact) mass is 202 g/mol. The lowest BCUT2D eigenvalue weighted by atomic mass is 10.2. The van der Waals surface area contributed by atoms with Gasteiger partial charge in [-0.25, -0.2) is 0 Å². The van der Waals surface area contributed by atoms with E-state index in [9.17, 15) is 4.79 Å². The van der Waals surface area contributed by atoms with E-state index in [-0.39, 0.29) is 0 Å². The second kappa shape index (κ2) is 4.20. The number of hydrogen-bond acceptors (Lipinski definition) is 1. The molecule has 0 bridgehead atoms. The summed E-state index contributed by atoms with van der Waals surface area (Å²) in [5, 5.41) is 1.17. The maximum absolute atomic E-state index is 10.6. The Labute approximate surface area is 85.8 Å². The predicted molar refractivity (Wildman–Crippen MR) is 63.5 cm³/mol. The van der Waals surface area contributed by atoms with E-state index in [2.05, 4.69) is 19.7 Å². The van der Waals surface area contributed by atoms with Crippen LogP contribution in [0.2, 0.25) is 6.55 Å². The Balaban J connectivity index is 3.23. The molecule has 0 radical (unpaired) electrons. The van der Waals surface area contributed by atoms with Gasteiger partial charge in [-0.1, -0.05) is 47.4 Å². The van der Waals surface area contributed by atoms with Crippen molar-refractivity contribution in [1.82, 2.24) is 0 Å². The van der Waals surface area contributed by atoms with Crippen LogP contribution >= 0.6 is 0 Å². The molecule has 14 heavy (non-hydrogen) atoms. The zero-order chi connectivity index (χ0) is 10.6. The number of carbonyl (C=O) groups is 1. The molecule has 1 aromatic carbocycles. The average Bonchev–Trinajstić information content (AvgIpc) is 2.28. The standard InChI is InChI=1S/C12H14OSi/c1-4-14(3,5-2)12-8-6-7-11(9-12)10-13/h4-10H,1-2H2,3H3. The molecule has 1 nitrogen and oxygen atoms in total. The van der Waals surface area contributed by atoms with Gasteiger partial charge in [-0.3, -0.25) is 4.79 Å². The minimum atomic E-state index is -1.75. The number of carbonyl (C=O) groups excluding carboxylic acids is 1. The normalized spacial score (nSPS) is 10.6. The second-order valence-corrected chi connectivity index (χ2v) is 7.39. The summed E-state index contributed by atoms with van der Waals surface area (Å²) in [7, 11) is -1.75. The van der Waals surface area contributed by atoms with Gasteiger partial charge in [0.1, 0.15) is 14.4 Å². The maximum atomic E-state index is 10.6. The van der Waals surface area contributed by atoms with Crippen molar-refractivity contribution in [3.63, 3.8) is 0 Å². The molecule has 0 atom stereocenters. The van der Waals surface area contributed by atoms with Crippen molar-refractivity contribution in [2.45, 2.75) is 6.55 Å². The van der Waals surface area contributed by atoms with Crippen molar-refractivity contribution >= 4 is 19.5 Å². The lowest BCUT2D eigenvalue weighted by Gasteiger charge is -2.18. The molecule has 0 saturated heterocycles. The van der Waals surface area contributed by atoms with Gasteiger partial charge in [-0.2, -0.15) is 0 Å². The summed E-state index contributed by atoms with van der Waals surface area (Å²) in [6, 6.07) is 7.65. The van der Waals surface area contributed by atoms with E-state index in [1.54, 1.807) is 6.07 Å². The topological polar surface area (TPSA) is 17.1 Å². The van der Waals surface area contributed by atoms with Gasteiger partial charge in [0.15, 0.2) is 0 Å². The van der Waals surface area contributed by atoms with Gasteiger partial charge in [-0.15, -0.1) is 13.2 Å². The third-order valence-corrected chi connectivity index (χ3v) is 5.74. The first-order chi connectivity index (χ1) is 6.66. The fourth-order valence-electron chi connectivity index (χ4n) is 1.27. The number of hydrogen-bond donors (Lipinski definition) is 0. The molecule has 0 saturated carbocycles. The summed E-state index contributed by atoms with van der Waals surface area (Å²) in [4.78, 5) is 10.6. The lowest BCUT2D eigenvalue weighted by Crippen LogP contribution is -2.41. The fourth-order valence-corrected chi connectivity index (χ4v) is 2.84. The van der Waals surface area contributed by atoms with Crippen LogP contribution < -0.4 is 5.19 Å². The first kappa shape index (κ1) is 10.7. The number of rotatable bonds is 4. The molecule has 1 rings (SSSR count). The van der Waals surface area contributed by atoms with Crippen LogP contribution in [-0.4, -0.2) is 14.4 Å². The molecule has 1 aromatic rings. The smallest absolute Gasteiger partial charge is 0.150 e. The van der Waals surface area contributed by atoms with Gasteiger partial charge in [-0.05, 0) is 0 Å². The molecule has 0 amide bonds. The largest absolute Gasteiger partial charge is 0.298 e. The maximum Gasteiger partial charge on any atom is 0.150 e. The molecule has 0 aliphatic rings. The van der Waals surface area contributed by atoms with Gasteiger partial charge >= 0.3 is 0 Å². The van der Waals surface area contributed by atoms with Crippen molar-refractivity contribution in [3.8, 4) is 0 Å². The van der Waals surface area contributed by atoms with Gasteiger partial charge in [0.2, 0.25) is 0 Å². The Morgan fingerprint density at radius 2 is 1.93 bits per heavy atom. The summed E-state index contributed by atoms with van der Waals surface area (Å²) in [6.45, 7) is 9.82. The first-order valence-corrected chi connectivity index (χ1v) is 7.14. The lowest BCUT2D eigenvalue weighted by molar-refractivity contribution is 0.112. The van der Waals surface area contributed by atoms with Crippen LogP contribution in [0.1, 0.15) is 10.4 Å². The van der Waals surface area contributed by atoms with Crippen LogP contribution in [0.4, 0.5) is 0 Å². The molecule has 0 fully saturated rings. The minimum Gasteiger partial charge on any atom is -0.298 e. The Bertz CT molecular complexity index is 360. The molecule has 0 aliphatic carbocycles. The zero-order valence-electron chi connectivity index (χ0n) is 8.36. The first-order valence-electron chi connectivity index (χ1n) is 4.49. The molecule has 2 heteroatoms. The molecule has 0 unspecified atom stereocenters. The van der Waals surface area contributed by atoms with Crippen LogP contribution in [0.5, 0.6) is 0 Å². The molecule has 72 valence electrons. The van der Waals surface area contributed by atoms with E-state index in [1.165, 1.54) is 5.19 Å². The third-order valence-electron chi connectivity index (χ3n) is 2.49. The molecule has 0 N–H and O–H groups in total. The van der Waals surface area contributed by atoms with E-state index in [1.807, 2.05) is 29.6 Å². The van der Waals surface area contributed by atoms with E-state index in [4.69, 9.17) is 0 Å². The Hall–Kier alpha value is -1.41. The molecular weight excluding hydrogens is 188 g/mol. The highest BCUT2D eigenvalue weighted by Crippen LogP contribution is 2.07. The summed E-state index contributed by atoms with van der Waals surface area (Å²) in [6.07, 6.45) is 0.866. The highest BCUT2D eigenvalue weighted by Gasteiger charge is 2.21. The van der Waals surface area contributed by atoms with Crippen molar-refractivity contribution in [3.05, 3.63) is 54.4 Å². The fraction of sp³-hybridized carbons (Fsp3) is 0.0833. The molecular formula is C12H14OSi. The number of benzene rings is 1. The van der Waals surface area contributed by atoms with Crippen LogP contribution in [0.3, 0.4) is 0 Å². The summed E-state index contributed by atoms with van der Waals surface area (Å²) < 4.78 is 0.